The summed E-state index contributed by atoms with van der Waals surface area (Å²) in [5.74, 6) is 0.337. The Labute approximate surface area is 128 Å². The number of aromatic amines is 1. The summed E-state index contributed by atoms with van der Waals surface area (Å²) in [7, 11) is 0. The van der Waals surface area contributed by atoms with Crippen LogP contribution in [0.4, 0.5) is 5.69 Å². The molecule has 1 fully saturated rings. The highest BCUT2D eigenvalue weighted by atomic mass is 35.5. The highest BCUT2D eigenvalue weighted by Gasteiger charge is 2.22. The van der Waals surface area contributed by atoms with Gasteiger partial charge < -0.3 is 10.6 Å². The predicted molar refractivity (Wildman–Crippen MR) is 82.6 cm³/mol. The first-order valence-corrected chi connectivity index (χ1v) is 7.38. The van der Waals surface area contributed by atoms with Crippen LogP contribution in [0.3, 0.4) is 0 Å². The predicted octanol–water partition coefficient (Wildman–Crippen LogP) is 2.32. The van der Waals surface area contributed by atoms with E-state index in [9.17, 15) is 4.79 Å². The zero-order valence-corrected chi connectivity index (χ0v) is 12.3. The van der Waals surface area contributed by atoms with Crippen LogP contribution in [-0.2, 0) is 11.2 Å². The van der Waals surface area contributed by atoms with Crippen molar-refractivity contribution in [2.45, 2.75) is 18.8 Å². The summed E-state index contributed by atoms with van der Waals surface area (Å²) in [5.41, 5.74) is 2.72. The molecule has 2 heterocycles. The van der Waals surface area contributed by atoms with Gasteiger partial charge in [0, 0.05) is 17.5 Å². The van der Waals surface area contributed by atoms with E-state index in [0.29, 0.717) is 17.4 Å². The average Bonchev–Trinajstić information content (AvgIpc) is 3.11. The molecule has 1 aliphatic heterocycles. The number of halogens is 1. The number of hydrogen-bond acceptors (Lipinski definition) is 3. The fourth-order valence-electron chi connectivity index (χ4n) is 2.59. The number of aromatic nitrogens is 2. The van der Waals surface area contributed by atoms with Gasteiger partial charge in [-0.1, -0.05) is 23.7 Å². The average molecular weight is 305 g/mol. The van der Waals surface area contributed by atoms with Gasteiger partial charge in [0.05, 0.1) is 24.0 Å². The fraction of sp³-hybridized carbons (Fsp3) is 0.333. The summed E-state index contributed by atoms with van der Waals surface area (Å²) in [6.45, 7) is 1.92. The number of rotatable bonds is 4. The Morgan fingerprint density at radius 2 is 2.19 bits per heavy atom. The van der Waals surface area contributed by atoms with E-state index in [1.807, 2.05) is 12.1 Å². The van der Waals surface area contributed by atoms with E-state index in [1.165, 1.54) is 0 Å². The zero-order chi connectivity index (χ0) is 14.7. The second kappa shape index (κ2) is 6.28. The Morgan fingerprint density at radius 3 is 2.90 bits per heavy atom. The molecule has 110 valence electrons. The van der Waals surface area contributed by atoms with E-state index in [4.69, 9.17) is 11.6 Å². The molecule has 2 aromatic rings. The largest absolute Gasteiger partial charge is 0.323 e. The van der Waals surface area contributed by atoms with Crippen LogP contribution < -0.4 is 10.6 Å². The molecular weight excluding hydrogens is 288 g/mol. The monoisotopic (exact) mass is 304 g/mol. The number of H-pyrrole nitrogens is 1. The molecule has 0 bridgehead atoms. The van der Waals surface area contributed by atoms with Crippen LogP contribution in [0.15, 0.2) is 30.5 Å². The van der Waals surface area contributed by atoms with Crippen molar-refractivity contribution in [3.8, 4) is 0 Å². The molecule has 0 radical (unpaired) electrons. The van der Waals surface area contributed by atoms with Gasteiger partial charge in [-0.2, -0.15) is 5.10 Å². The summed E-state index contributed by atoms with van der Waals surface area (Å²) < 4.78 is 0. The van der Waals surface area contributed by atoms with Crippen molar-refractivity contribution in [3.63, 3.8) is 0 Å². The molecular formula is C15H17ClN4O. The van der Waals surface area contributed by atoms with Gasteiger partial charge in [-0.05, 0) is 30.7 Å². The lowest BCUT2D eigenvalue weighted by molar-refractivity contribution is -0.115. The zero-order valence-electron chi connectivity index (χ0n) is 11.5. The Hall–Kier alpha value is -1.85. The number of benzene rings is 1. The molecule has 1 aromatic carbocycles. The van der Waals surface area contributed by atoms with Crippen molar-refractivity contribution in [2.75, 3.05) is 18.4 Å². The number of anilines is 1. The molecule has 1 amide bonds. The normalized spacial score (nSPS) is 17.9. The van der Waals surface area contributed by atoms with Gasteiger partial charge in [0.25, 0.3) is 0 Å². The van der Waals surface area contributed by atoms with Crippen LogP contribution in [0, 0.1) is 0 Å². The Kier molecular flexibility index (Phi) is 4.22. The maximum Gasteiger partial charge on any atom is 0.228 e. The Morgan fingerprint density at radius 1 is 1.38 bits per heavy atom. The number of carbonyl (C=O) groups excluding carboxylic acids is 1. The van der Waals surface area contributed by atoms with E-state index in [2.05, 4.69) is 20.8 Å². The minimum absolute atomic E-state index is 0.0501. The molecule has 3 rings (SSSR count). The van der Waals surface area contributed by atoms with Crippen LogP contribution in [-0.4, -0.2) is 29.2 Å². The van der Waals surface area contributed by atoms with Crippen molar-refractivity contribution < 1.29 is 4.79 Å². The molecule has 6 heteroatoms. The molecule has 1 saturated heterocycles. The van der Waals surface area contributed by atoms with Gasteiger partial charge in [0.15, 0.2) is 0 Å². The van der Waals surface area contributed by atoms with Crippen molar-refractivity contribution in [2.24, 2.45) is 0 Å². The van der Waals surface area contributed by atoms with Crippen molar-refractivity contribution in [1.82, 2.24) is 15.5 Å². The van der Waals surface area contributed by atoms with Crippen LogP contribution in [0.5, 0.6) is 0 Å². The van der Waals surface area contributed by atoms with E-state index in [-0.39, 0.29) is 5.91 Å². The lowest BCUT2D eigenvalue weighted by Crippen LogP contribution is -2.16. The lowest BCUT2D eigenvalue weighted by Gasteiger charge is -2.10. The van der Waals surface area contributed by atoms with Gasteiger partial charge in [-0.3, -0.25) is 9.89 Å². The molecule has 0 spiro atoms. The third-order valence-electron chi connectivity index (χ3n) is 3.69. The highest BCUT2D eigenvalue weighted by Crippen LogP contribution is 2.26. The fourth-order valence-corrected chi connectivity index (χ4v) is 2.72. The number of nitrogens with zero attached hydrogens (tertiary/aromatic N) is 1. The SMILES string of the molecule is O=C(Cc1ccc(Cl)cc1)Nc1cn[nH]c1C1CCNC1. The lowest BCUT2D eigenvalue weighted by atomic mass is 10.0. The van der Waals surface area contributed by atoms with E-state index in [1.54, 1.807) is 18.3 Å². The molecule has 1 unspecified atom stereocenters. The van der Waals surface area contributed by atoms with E-state index >= 15 is 0 Å². The van der Waals surface area contributed by atoms with Crippen molar-refractivity contribution >= 4 is 23.2 Å². The van der Waals surface area contributed by atoms with Gasteiger partial charge in [0.1, 0.15) is 0 Å². The van der Waals surface area contributed by atoms with Gasteiger partial charge in [-0.15, -0.1) is 0 Å². The van der Waals surface area contributed by atoms with Gasteiger partial charge in [-0.25, -0.2) is 0 Å². The summed E-state index contributed by atoms with van der Waals surface area (Å²) in [6.07, 6.45) is 3.06. The molecule has 3 N–H and O–H groups in total. The Balaban J connectivity index is 1.65. The first-order chi connectivity index (χ1) is 10.2. The summed E-state index contributed by atoms with van der Waals surface area (Å²) in [5, 5.41) is 14.0. The second-order valence-electron chi connectivity index (χ2n) is 5.24. The standard InChI is InChI=1S/C15H17ClN4O/c16-12-3-1-10(2-4-12)7-14(21)19-13-9-18-20-15(13)11-5-6-17-8-11/h1-4,9,11,17H,5-8H2,(H,18,20)(H,19,21). The number of amides is 1. The quantitative estimate of drug-likeness (QED) is 0.812. The molecule has 5 nitrogen and oxygen atoms in total. The van der Waals surface area contributed by atoms with Crippen LogP contribution in [0.1, 0.15) is 23.6 Å². The number of hydrogen-bond donors (Lipinski definition) is 3. The smallest absolute Gasteiger partial charge is 0.228 e. The van der Waals surface area contributed by atoms with E-state index < -0.39 is 0 Å². The van der Waals surface area contributed by atoms with Crippen molar-refractivity contribution in [3.05, 3.63) is 46.7 Å². The second-order valence-corrected chi connectivity index (χ2v) is 5.67. The third-order valence-corrected chi connectivity index (χ3v) is 3.94. The summed E-state index contributed by atoms with van der Waals surface area (Å²) >= 11 is 5.84. The van der Waals surface area contributed by atoms with Gasteiger partial charge >= 0.3 is 0 Å². The molecule has 0 saturated carbocycles. The maximum atomic E-state index is 12.1. The van der Waals surface area contributed by atoms with Crippen LogP contribution in [0.2, 0.25) is 5.02 Å². The molecule has 21 heavy (non-hydrogen) atoms. The summed E-state index contributed by atoms with van der Waals surface area (Å²) in [4.78, 5) is 12.1. The topological polar surface area (TPSA) is 69.8 Å². The molecule has 1 atom stereocenters. The van der Waals surface area contributed by atoms with Crippen LogP contribution >= 0.6 is 11.6 Å². The summed E-state index contributed by atoms with van der Waals surface area (Å²) in [6, 6.07) is 7.30. The van der Waals surface area contributed by atoms with E-state index in [0.717, 1.165) is 36.5 Å². The maximum absolute atomic E-state index is 12.1. The first kappa shape index (κ1) is 14.1. The first-order valence-electron chi connectivity index (χ1n) is 7.00. The Bertz CT molecular complexity index is 617. The highest BCUT2D eigenvalue weighted by molar-refractivity contribution is 6.30. The molecule has 1 aliphatic rings. The van der Waals surface area contributed by atoms with Crippen molar-refractivity contribution in [1.29, 1.82) is 0 Å². The van der Waals surface area contributed by atoms with Gasteiger partial charge in [0.2, 0.25) is 5.91 Å². The third kappa shape index (κ3) is 3.43. The minimum atomic E-state index is -0.0501. The molecule has 0 aliphatic carbocycles. The molecule has 1 aromatic heterocycles. The minimum Gasteiger partial charge on any atom is -0.323 e. The number of nitrogens with one attached hydrogen (secondary N) is 3. The van der Waals surface area contributed by atoms with Crippen LogP contribution in [0.25, 0.3) is 0 Å². The number of carbonyl (C=O) groups is 1.